The smallest absolute Gasteiger partial charge is 0.416 e. The van der Waals surface area contributed by atoms with Crippen LogP contribution in [-0.2, 0) is 17.5 Å². The fourth-order valence-electron chi connectivity index (χ4n) is 3.65. The van der Waals surface area contributed by atoms with Crippen molar-refractivity contribution in [3.8, 4) is 11.3 Å². The minimum Gasteiger partial charge on any atom is -0.444 e. The molecule has 2 aromatic rings. The molecule has 2 N–H and O–H groups in total. The first-order chi connectivity index (χ1) is 13.9. The van der Waals surface area contributed by atoms with Crippen molar-refractivity contribution in [1.29, 1.82) is 0 Å². The second-order valence-corrected chi connectivity index (χ2v) is 6.94. The van der Waals surface area contributed by atoms with E-state index in [1.165, 1.54) is 6.20 Å². The number of fused-ring (bicyclic) bond motifs is 1. The quantitative estimate of drug-likeness (QED) is 0.812. The topological polar surface area (TPSA) is 79.4 Å². The van der Waals surface area contributed by atoms with E-state index < -0.39 is 17.8 Å². The predicted octanol–water partition coefficient (Wildman–Crippen LogP) is 3.41. The first kappa shape index (κ1) is 19.4. The molecule has 0 aliphatic carbocycles. The van der Waals surface area contributed by atoms with E-state index in [1.807, 2.05) is 11.8 Å². The number of carbonyl (C=O) groups excluding carboxylic acids is 1. The van der Waals surface area contributed by atoms with E-state index in [-0.39, 0.29) is 30.0 Å². The molecule has 0 bridgehead atoms. The minimum absolute atomic E-state index is 0.0570. The van der Waals surface area contributed by atoms with Crippen LogP contribution in [0.4, 0.5) is 29.6 Å². The summed E-state index contributed by atoms with van der Waals surface area (Å²) in [6.07, 6.45) is -2.95. The number of hydrogen-bond donors (Lipinski definition) is 2. The van der Waals surface area contributed by atoms with E-state index >= 15 is 0 Å². The maximum absolute atomic E-state index is 13.6. The van der Waals surface area contributed by atoms with Gasteiger partial charge >= 0.3 is 12.3 Å². The van der Waals surface area contributed by atoms with E-state index in [1.54, 1.807) is 6.07 Å². The van der Waals surface area contributed by atoms with E-state index in [0.29, 0.717) is 30.8 Å². The monoisotopic (exact) mass is 407 g/mol. The number of anilines is 2. The second kappa shape index (κ2) is 7.51. The Morgan fingerprint density at radius 1 is 1.34 bits per heavy atom. The van der Waals surface area contributed by atoms with E-state index in [9.17, 15) is 18.0 Å². The van der Waals surface area contributed by atoms with Crippen LogP contribution in [0.15, 0.2) is 24.4 Å². The van der Waals surface area contributed by atoms with E-state index in [4.69, 9.17) is 4.74 Å². The molecule has 4 rings (SSSR count). The molecule has 0 saturated carbocycles. The molecule has 0 aromatic carbocycles. The van der Waals surface area contributed by atoms with Crippen LogP contribution in [0.1, 0.15) is 24.5 Å². The number of pyridine rings is 2. The largest absolute Gasteiger partial charge is 0.444 e. The van der Waals surface area contributed by atoms with Gasteiger partial charge in [-0.25, -0.2) is 14.8 Å². The van der Waals surface area contributed by atoms with Crippen LogP contribution in [0.25, 0.3) is 11.3 Å². The maximum atomic E-state index is 13.6. The molecule has 1 atom stereocenters. The molecule has 2 aliphatic heterocycles. The Labute approximate surface area is 165 Å². The Balaban J connectivity index is 1.84. The summed E-state index contributed by atoms with van der Waals surface area (Å²) in [5, 5.41) is 5.73. The number of amides is 1. The highest BCUT2D eigenvalue weighted by atomic mass is 19.4. The van der Waals surface area contributed by atoms with E-state index in [2.05, 4.69) is 20.6 Å². The first-order valence-corrected chi connectivity index (χ1v) is 9.35. The number of alkyl halides is 3. The van der Waals surface area contributed by atoms with Crippen molar-refractivity contribution in [3.63, 3.8) is 0 Å². The summed E-state index contributed by atoms with van der Waals surface area (Å²) >= 11 is 0. The highest BCUT2D eigenvalue weighted by molar-refractivity contribution is 5.88. The van der Waals surface area contributed by atoms with Crippen LogP contribution in [0.2, 0.25) is 0 Å². The summed E-state index contributed by atoms with van der Waals surface area (Å²) < 4.78 is 45.9. The molecule has 0 spiro atoms. The fourth-order valence-corrected chi connectivity index (χ4v) is 3.65. The van der Waals surface area contributed by atoms with Gasteiger partial charge in [-0.05, 0) is 24.6 Å². The number of rotatable bonds is 3. The van der Waals surface area contributed by atoms with Crippen LogP contribution in [0, 0.1) is 0 Å². The van der Waals surface area contributed by atoms with Gasteiger partial charge in [-0.2, -0.15) is 13.2 Å². The number of piperazine rings is 1. The Hall–Kier alpha value is -2.88. The molecule has 7 nitrogen and oxygen atoms in total. The number of aromatic nitrogens is 2. The molecule has 1 saturated heterocycles. The van der Waals surface area contributed by atoms with Crippen molar-refractivity contribution in [2.45, 2.75) is 32.2 Å². The highest BCUT2D eigenvalue weighted by Crippen LogP contribution is 2.37. The minimum atomic E-state index is -4.51. The Morgan fingerprint density at radius 2 is 2.17 bits per heavy atom. The van der Waals surface area contributed by atoms with Gasteiger partial charge in [0, 0.05) is 43.0 Å². The third kappa shape index (κ3) is 3.84. The summed E-state index contributed by atoms with van der Waals surface area (Å²) in [7, 11) is 0. The van der Waals surface area contributed by atoms with Crippen LogP contribution in [0.3, 0.4) is 0 Å². The average Bonchev–Trinajstić information content (AvgIpc) is 2.72. The van der Waals surface area contributed by atoms with Gasteiger partial charge in [0.2, 0.25) is 0 Å². The lowest BCUT2D eigenvalue weighted by Crippen LogP contribution is -2.51. The van der Waals surface area contributed by atoms with Gasteiger partial charge in [0.05, 0.1) is 11.3 Å². The van der Waals surface area contributed by atoms with Gasteiger partial charge in [-0.15, -0.1) is 0 Å². The number of ether oxygens (including phenoxy) is 1. The third-order valence-corrected chi connectivity index (χ3v) is 5.15. The van der Waals surface area contributed by atoms with Gasteiger partial charge in [0.1, 0.15) is 18.2 Å². The standard InChI is InChI=1S/C19H20F3N5O2/c1-2-12-9-23-5-6-27(12)16-8-11(19(20,21)22)7-15(25-16)13-3-4-24-17-14(13)10-29-18(28)26-17/h3-4,7-8,12,23H,2,5-6,9-10H2,1H3,(H,24,26,28). The molecular formula is C19H20F3N5O2. The average molecular weight is 407 g/mol. The molecule has 1 unspecified atom stereocenters. The first-order valence-electron chi connectivity index (χ1n) is 9.35. The van der Waals surface area contributed by atoms with Gasteiger partial charge in [-0.3, -0.25) is 5.32 Å². The van der Waals surface area contributed by atoms with Crippen LogP contribution < -0.4 is 15.5 Å². The number of cyclic esters (lactones) is 1. The Kier molecular flexibility index (Phi) is 5.03. The van der Waals surface area contributed by atoms with Gasteiger partial charge in [-0.1, -0.05) is 6.92 Å². The van der Waals surface area contributed by atoms with Crippen LogP contribution in [0.5, 0.6) is 0 Å². The molecule has 2 aliphatic rings. The molecule has 154 valence electrons. The zero-order valence-electron chi connectivity index (χ0n) is 15.7. The highest BCUT2D eigenvalue weighted by Gasteiger charge is 2.34. The summed E-state index contributed by atoms with van der Waals surface area (Å²) in [6.45, 7) is 3.85. The maximum Gasteiger partial charge on any atom is 0.416 e. The fraction of sp³-hybridized carbons (Fsp3) is 0.421. The molecule has 4 heterocycles. The lowest BCUT2D eigenvalue weighted by atomic mass is 10.0. The summed E-state index contributed by atoms with van der Waals surface area (Å²) in [4.78, 5) is 22.0. The van der Waals surface area contributed by atoms with Crippen molar-refractivity contribution in [3.05, 3.63) is 35.5 Å². The lowest BCUT2D eigenvalue weighted by molar-refractivity contribution is -0.137. The predicted molar refractivity (Wildman–Crippen MR) is 101 cm³/mol. The number of hydrogen-bond acceptors (Lipinski definition) is 6. The number of carbonyl (C=O) groups is 1. The van der Waals surface area contributed by atoms with Crippen LogP contribution in [-0.4, -0.2) is 41.7 Å². The molecule has 2 aromatic heterocycles. The Morgan fingerprint density at radius 3 is 2.93 bits per heavy atom. The third-order valence-electron chi connectivity index (χ3n) is 5.15. The molecular weight excluding hydrogens is 387 g/mol. The lowest BCUT2D eigenvalue weighted by Gasteiger charge is -2.37. The van der Waals surface area contributed by atoms with Crippen molar-refractivity contribution in [2.75, 3.05) is 29.9 Å². The normalized spacial score (nSPS) is 19.4. The van der Waals surface area contributed by atoms with E-state index in [0.717, 1.165) is 18.6 Å². The number of nitrogens with one attached hydrogen (secondary N) is 2. The summed E-state index contributed by atoms with van der Waals surface area (Å²) in [5.74, 6) is 0.558. The second-order valence-electron chi connectivity index (χ2n) is 6.94. The van der Waals surface area contributed by atoms with Crippen LogP contribution >= 0.6 is 0 Å². The molecule has 0 radical (unpaired) electrons. The summed E-state index contributed by atoms with van der Waals surface area (Å²) in [5.41, 5.74) is 0.349. The zero-order chi connectivity index (χ0) is 20.6. The van der Waals surface area contributed by atoms with Crippen molar-refractivity contribution in [1.82, 2.24) is 15.3 Å². The van der Waals surface area contributed by atoms with Crippen molar-refractivity contribution >= 4 is 17.7 Å². The Bertz CT molecular complexity index is 935. The number of nitrogens with zero attached hydrogens (tertiary/aromatic N) is 3. The SMILES string of the molecule is CCC1CNCCN1c1cc(C(F)(F)F)cc(-c2ccnc3c2COC(=O)N3)n1. The molecule has 1 fully saturated rings. The zero-order valence-corrected chi connectivity index (χ0v) is 15.7. The molecule has 29 heavy (non-hydrogen) atoms. The molecule has 10 heteroatoms. The van der Waals surface area contributed by atoms with Gasteiger partial charge in [0.25, 0.3) is 0 Å². The van der Waals surface area contributed by atoms with Crippen molar-refractivity contribution < 1.29 is 22.7 Å². The van der Waals surface area contributed by atoms with Gasteiger partial charge in [0.15, 0.2) is 0 Å². The molecule has 1 amide bonds. The van der Waals surface area contributed by atoms with Crippen molar-refractivity contribution in [2.24, 2.45) is 0 Å². The number of halogens is 3. The van der Waals surface area contributed by atoms with Gasteiger partial charge < -0.3 is 15.0 Å². The summed E-state index contributed by atoms with van der Waals surface area (Å²) in [6, 6.07) is 3.77.